The number of hydrogen-bond acceptors (Lipinski definition) is 2. The molecule has 4 rings (SSSR count). The molecule has 0 amide bonds. The molecular weight excluding hydrogens is 364 g/mol. The van der Waals surface area contributed by atoms with Crippen LogP contribution in [0.5, 0.6) is 0 Å². The normalized spacial score (nSPS) is 10.9. The molecule has 0 bridgehead atoms. The Bertz CT molecular complexity index is 1140. The van der Waals surface area contributed by atoms with Crippen LogP contribution in [0.1, 0.15) is 31.4 Å². The summed E-state index contributed by atoms with van der Waals surface area (Å²) >= 11 is 0. The summed E-state index contributed by atoms with van der Waals surface area (Å²) in [5, 5.41) is 10.7. The second kappa shape index (κ2) is 10.2. The Morgan fingerprint density at radius 2 is 1.23 bits per heavy atom. The zero-order chi connectivity index (χ0) is 21.3. The van der Waals surface area contributed by atoms with Gasteiger partial charge < -0.3 is 11.1 Å². The highest BCUT2D eigenvalue weighted by atomic mass is 14.6. The molecule has 2 nitrogen and oxygen atoms in total. The Balaban J connectivity index is 0.000000806. The summed E-state index contributed by atoms with van der Waals surface area (Å²) in [6.45, 7) is 4.25. The summed E-state index contributed by atoms with van der Waals surface area (Å²) in [6, 6.07) is 32.6. The van der Waals surface area contributed by atoms with Crippen molar-refractivity contribution < 1.29 is 0 Å². The van der Waals surface area contributed by atoms with Crippen LogP contribution >= 0.6 is 0 Å². The highest BCUT2D eigenvalue weighted by molar-refractivity contribution is 6.11. The zero-order valence-corrected chi connectivity index (χ0v) is 17.6. The van der Waals surface area contributed by atoms with E-state index in [1.165, 1.54) is 17.4 Å². The smallest absolute Gasteiger partial charge is 0.0633 e. The minimum absolute atomic E-state index is 0.408. The van der Waals surface area contributed by atoms with E-state index in [0.717, 1.165) is 22.1 Å². The third-order valence-corrected chi connectivity index (χ3v) is 4.69. The molecule has 0 atom stereocenters. The van der Waals surface area contributed by atoms with Gasteiger partial charge in [0.05, 0.1) is 5.71 Å². The molecule has 30 heavy (non-hydrogen) atoms. The van der Waals surface area contributed by atoms with Crippen molar-refractivity contribution in [3.63, 3.8) is 0 Å². The van der Waals surface area contributed by atoms with Gasteiger partial charge in [0.15, 0.2) is 0 Å². The predicted octanol–water partition coefficient (Wildman–Crippen LogP) is 7.29. The number of benzene rings is 4. The quantitative estimate of drug-likeness (QED) is 0.352. The molecule has 4 aromatic carbocycles. The average Bonchev–Trinajstić information content (AvgIpc) is 2.80. The molecule has 2 heteroatoms. The molecule has 0 fully saturated rings. The van der Waals surface area contributed by atoms with Crippen molar-refractivity contribution in [2.75, 3.05) is 0 Å². The Morgan fingerprint density at radius 1 is 0.700 bits per heavy atom. The third kappa shape index (κ3) is 5.24. The lowest BCUT2D eigenvalue weighted by Gasteiger charge is -2.07. The van der Waals surface area contributed by atoms with Crippen molar-refractivity contribution in [3.05, 3.63) is 114 Å². The van der Waals surface area contributed by atoms with E-state index in [1.54, 1.807) is 6.08 Å². The Morgan fingerprint density at radius 3 is 1.90 bits per heavy atom. The molecular formula is C28H28N2. The summed E-state index contributed by atoms with van der Waals surface area (Å²) in [5.41, 5.74) is 11.4. The highest BCUT2D eigenvalue weighted by Gasteiger charge is 2.04. The topological polar surface area (TPSA) is 49.9 Å². The van der Waals surface area contributed by atoms with E-state index in [2.05, 4.69) is 50.2 Å². The van der Waals surface area contributed by atoms with E-state index in [0.29, 0.717) is 11.4 Å². The average molecular weight is 393 g/mol. The van der Waals surface area contributed by atoms with Gasteiger partial charge in [-0.25, -0.2) is 0 Å². The maximum atomic E-state index is 8.41. The van der Waals surface area contributed by atoms with Gasteiger partial charge in [0.2, 0.25) is 0 Å². The van der Waals surface area contributed by atoms with Crippen molar-refractivity contribution in [1.82, 2.24) is 0 Å². The van der Waals surface area contributed by atoms with Crippen LogP contribution in [0.15, 0.2) is 103 Å². The molecule has 3 N–H and O–H groups in total. The van der Waals surface area contributed by atoms with Crippen molar-refractivity contribution in [3.8, 4) is 11.1 Å². The predicted molar refractivity (Wildman–Crippen MR) is 131 cm³/mol. The number of nitrogens with two attached hydrogens (primary N) is 1. The molecule has 0 aliphatic carbocycles. The van der Waals surface area contributed by atoms with Gasteiger partial charge in [-0.1, -0.05) is 111 Å². The van der Waals surface area contributed by atoms with Crippen molar-refractivity contribution in [1.29, 1.82) is 5.41 Å². The SMILES string of the molecule is CCC.N=C(/C=C(\N)c1ccc(-c2ccccc2)cc1)c1ccc2ccccc2c1. The Labute approximate surface area is 179 Å². The lowest BCUT2D eigenvalue weighted by molar-refractivity contribution is 1.09. The molecule has 0 heterocycles. The third-order valence-electron chi connectivity index (χ3n) is 4.69. The van der Waals surface area contributed by atoms with Crippen LogP contribution in [0.4, 0.5) is 0 Å². The van der Waals surface area contributed by atoms with Crippen molar-refractivity contribution >= 4 is 22.2 Å². The summed E-state index contributed by atoms with van der Waals surface area (Å²) in [5.74, 6) is 0. The van der Waals surface area contributed by atoms with Gasteiger partial charge in [-0.15, -0.1) is 0 Å². The van der Waals surface area contributed by atoms with Crippen LogP contribution in [-0.4, -0.2) is 5.71 Å². The Hall–Kier alpha value is -3.65. The number of nitrogens with one attached hydrogen (secondary N) is 1. The molecule has 0 aliphatic heterocycles. The van der Waals surface area contributed by atoms with E-state index in [9.17, 15) is 0 Å². The van der Waals surface area contributed by atoms with Crippen LogP contribution in [0.2, 0.25) is 0 Å². The lowest BCUT2D eigenvalue weighted by atomic mass is 10.0. The first-order valence-electron chi connectivity index (χ1n) is 10.3. The summed E-state index contributed by atoms with van der Waals surface area (Å²) < 4.78 is 0. The monoisotopic (exact) mass is 392 g/mol. The van der Waals surface area contributed by atoms with E-state index in [1.807, 2.05) is 60.7 Å². The largest absolute Gasteiger partial charge is 0.398 e. The molecule has 0 radical (unpaired) electrons. The highest BCUT2D eigenvalue weighted by Crippen LogP contribution is 2.22. The van der Waals surface area contributed by atoms with Crippen LogP contribution in [0.3, 0.4) is 0 Å². The van der Waals surface area contributed by atoms with E-state index in [-0.39, 0.29) is 0 Å². The van der Waals surface area contributed by atoms with Gasteiger partial charge in [0.25, 0.3) is 0 Å². The first kappa shape index (κ1) is 21.1. The standard InChI is InChI=1S/C25H20N2.C3H8/c26-24(21-13-10-20(11-14-21)18-6-2-1-3-7-18)17-25(27)23-15-12-19-8-4-5-9-22(19)16-23;1-3-2/h1-17,27H,26H2;3H2,1-2H3/b24-17-,27-25?;. The van der Waals surface area contributed by atoms with Crippen molar-refractivity contribution in [2.24, 2.45) is 5.73 Å². The summed E-state index contributed by atoms with van der Waals surface area (Å²) in [4.78, 5) is 0. The minimum Gasteiger partial charge on any atom is -0.398 e. The lowest BCUT2D eigenvalue weighted by Crippen LogP contribution is -2.02. The van der Waals surface area contributed by atoms with Gasteiger partial charge >= 0.3 is 0 Å². The van der Waals surface area contributed by atoms with Gasteiger partial charge in [-0.3, -0.25) is 0 Å². The maximum absolute atomic E-state index is 8.41. The van der Waals surface area contributed by atoms with Gasteiger partial charge in [0, 0.05) is 11.3 Å². The van der Waals surface area contributed by atoms with Crippen LogP contribution in [0, 0.1) is 5.41 Å². The van der Waals surface area contributed by atoms with Gasteiger partial charge in [0.1, 0.15) is 0 Å². The first-order chi connectivity index (χ1) is 14.6. The number of fused-ring (bicyclic) bond motifs is 1. The van der Waals surface area contributed by atoms with Crippen LogP contribution in [-0.2, 0) is 0 Å². The van der Waals surface area contributed by atoms with E-state index < -0.39 is 0 Å². The second-order valence-corrected chi connectivity index (χ2v) is 7.23. The summed E-state index contributed by atoms with van der Waals surface area (Å²) in [7, 11) is 0. The maximum Gasteiger partial charge on any atom is 0.0633 e. The Kier molecular flexibility index (Phi) is 7.18. The molecule has 4 aromatic rings. The van der Waals surface area contributed by atoms with Crippen LogP contribution in [0.25, 0.3) is 27.6 Å². The second-order valence-electron chi connectivity index (χ2n) is 7.23. The van der Waals surface area contributed by atoms with Crippen molar-refractivity contribution in [2.45, 2.75) is 20.3 Å². The molecule has 0 aromatic heterocycles. The number of hydrogen-bond donors (Lipinski definition) is 2. The van der Waals surface area contributed by atoms with Gasteiger partial charge in [-0.2, -0.15) is 0 Å². The fourth-order valence-corrected chi connectivity index (χ4v) is 3.16. The summed E-state index contributed by atoms with van der Waals surface area (Å²) in [6.07, 6.45) is 2.97. The van der Waals surface area contributed by atoms with Crippen LogP contribution < -0.4 is 5.73 Å². The molecule has 0 saturated heterocycles. The minimum atomic E-state index is 0.408. The first-order valence-corrected chi connectivity index (χ1v) is 10.3. The molecule has 0 aliphatic rings. The molecule has 0 unspecified atom stereocenters. The van der Waals surface area contributed by atoms with Gasteiger partial charge in [-0.05, 0) is 39.6 Å². The fraction of sp³-hybridized carbons (Fsp3) is 0.107. The number of rotatable bonds is 4. The fourth-order valence-electron chi connectivity index (χ4n) is 3.16. The molecule has 150 valence electrons. The van der Waals surface area contributed by atoms with E-state index >= 15 is 0 Å². The molecule has 0 spiro atoms. The number of allylic oxidation sites excluding steroid dienone is 1. The van der Waals surface area contributed by atoms with E-state index in [4.69, 9.17) is 11.1 Å². The zero-order valence-electron chi connectivity index (χ0n) is 17.6. The molecule has 0 saturated carbocycles.